The van der Waals surface area contributed by atoms with Crippen molar-refractivity contribution in [1.82, 2.24) is 15.0 Å². The van der Waals surface area contributed by atoms with E-state index in [2.05, 4.69) is 26.6 Å². The summed E-state index contributed by atoms with van der Waals surface area (Å²) in [4.78, 5) is 29.2. The number of nitriles is 1. The highest BCUT2D eigenvalue weighted by Gasteiger charge is 2.31. The Kier molecular flexibility index (Phi) is 8.97. The SMILES string of the molecule is Cc1ccc(NC(=O)c2ccncc2)c(C(C)(C)C#N)c1-c1cc(N2CCOCC2)nc(NC2CCOC(CO)C2)n1. The van der Waals surface area contributed by atoms with E-state index in [1.807, 2.05) is 39.0 Å². The number of nitrogens with zero attached hydrogens (tertiary/aromatic N) is 5. The molecule has 0 aliphatic carbocycles. The number of pyridine rings is 1. The molecule has 0 saturated carbocycles. The summed E-state index contributed by atoms with van der Waals surface area (Å²) in [7, 11) is 0. The topological polar surface area (TPSA) is 146 Å². The van der Waals surface area contributed by atoms with Crippen molar-refractivity contribution in [3.63, 3.8) is 0 Å². The van der Waals surface area contributed by atoms with Gasteiger partial charge in [0.05, 0.1) is 43.1 Å². The number of anilines is 3. The number of benzene rings is 1. The smallest absolute Gasteiger partial charge is 0.255 e. The number of hydrogen-bond donors (Lipinski definition) is 3. The Morgan fingerprint density at radius 1 is 1.17 bits per heavy atom. The van der Waals surface area contributed by atoms with Crippen molar-refractivity contribution in [2.45, 2.75) is 51.2 Å². The number of rotatable bonds is 8. The Hall–Kier alpha value is -4.11. The lowest BCUT2D eigenvalue weighted by Crippen LogP contribution is -2.38. The predicted molar refractivity (Wildman–Crippen MR) is 160 cm³/mol. The fourth-order valence-electron chi connectivity index (χ4n) is 5.45. The van der Waals surface area contributed by atoms with Crippen LogP contribution in [0.15, 0.2) is 42.7 Å². The minimum Gasteiger partial charge on any atom is -0.394 e. The molecule has 0 radical (unpaired) electrons. The summed E-state index contributed by atoms with van der Waals surface area (Å²) < 4.78 is 11.2. The van der Waals surface area contributed by atoms with E-state index >= 15 is 0 Å². The van der Waals surface area contributed by atoms with Gasteiger partial charge in [0.25, 0.3) is 5.91 Å². The third-order valence-electron chi connectivity index (χ3n) is 7.72. The second-order valence-corrected chi connectivity index (χ2v) is 11.2. The van der Waals surface area contributed by atoms with Crippen LogP contribution in [0.5, 0.6) is 0 Å². The van der Waals surface area contributed by atoms with Crippen LogP contribution in [-0.2, 0) is 14.9 Å². The van der Waals surface area contributed by atoms with Crippen LogP contribution < -0.4 is 15.5 Å². The van der Waals surface area contributed by atoms with Gasteiger partial charge in [-0.2, -0.15) is 10.2 Å². The number of morpholine rings is 1. The molecule has 220 valence electrons. The van der Waals surface area contributed by atoms with Crippen LogP contribution >= 0.6 is 0 Å². The average Bonchev–Trinajstić information content (AvgIpc) is 3.02. The standard InChI is InChI=1S/C31H37N7O4/c1-20-4-5-24(35-29(40)21-6-9-33-10-7-21)28(31(2,3)19-32)27(20)25-17-26(38-11-14-41-15-12-38)37-30(36-25)34-22-8-13-42-23(16-22)18-39/h4-7,9-10,17,22-23,39H,8,11-16,18H2,1-3H3,(H,35,40)(H,34,36,37). The van der Waals surface area contributed by atoms with Crippen LogP contribution in [0.1, 0.15) is 48.2 Å². The fraction of sp³-hybridized carbons (Fsp3) is 0.452. The number of carbonyl (C=O) groups excluding carboxylic acids is 1. The largest absolute Gasteiger partial charge is 0.394 e. The van der Waals surface area contributed by atoms with Crippen LogP contribution in [0, 0.1) is 18.3 Å². The van der Waals surface area contributed by atoms with Gasteiger partial charge >= 0.3 is 0 Å². The minimum absolute atomic E-state index is 0.0331. The fourth-order valence-corrected chi connectivity index (χ4v) is 5.45. The van der Waals surface area contributed by atoms with E-state index < -0.39 is 5.41 Å². The number of ether oxygens (including phenoxy) is 2. The summed E-state index contributed by atoms with van der Waals surface area (Å²) in [6.07, 6.45) is 4.31. The summed E-state index contributed by atoms with van der Waals surface area (Å²) in [5, 5.41) is 26.5. The molecular weight excluding hydrogens is 534 g/mol. The lowest BCUT2D eigenvalue weighted by Gasteiger charge is -2.31. The van der Waals surface area contributed by atoms with Crippen LogP contribution in [0.25, 0.3) is 11.3 Å². The van der Waals surface area contributed by atoms with Gasteiger partial charge in [0.1, 0.15) is 5.82 Å². The van der Waals surface area contributed by atoms with Gasteiger partial charge in [-0.3, -0.25) is 9.78 Å². The maximum absolute atomic E-state index is 13.2. The Balaban J connectivity index is 1.62. The third-order valence-corrected chi connectivity index (χ3v) is 7.72. The Labute approximate surface area is 245 Å². The number of aryl methyl sites for hydroxylation is 1. The number of aliphatic hydroxyl groups is 1. The minimum atomic E-state index is -0.963. The summed E-state index contributed by atoms with van der Waals surface area (Å²) >= 11 is 0. The summed E-state index contributed by atoms with van der Waals surface area (Å²) in [6, 6.07) is 11.5. The highest BCUT2D eigenvalue weighted by atomic mass is 16.5. The molecule has 3 N–H and O–H groups in total. The molecular formula is C31H37N7O4. The first-order valence-electron chi connectivity index (χ1n) is 14.3. The Bertz CT molecular complexity index is 1450. The molecule has 0 spiro atoms. The normalized spacial score (nSPS) is 19.2. The molecule has 3 aromatic rings. The number of hydrogen-bond acceptors (Lipinski definition) is 10. The van der Waals surface area contributed by atoms with Gasteiger partial charge in [-0.25, -0.2) is 4.98 Å². The van der Waals surface area contributed by atoms with Crippen molar-refractivity contribution >= 4 is 23.4 Å². The van der Waals surface area contributed by atoms with E-state index in [0.29, 0.717) is 67.8 Å². The Morgan fingerprint density at radius 2 is 1.93 bits per heavy atom. The van der Waals surface area contributed by atoms with E-state index in [0.717, 1.165) is 23.4 Å². The van der Waals surface area contributed by atoms with E-state index in [1.165, 1.54) is 0 Å². The first-order chi connectivity index (χ1) is 20.3. The van der Waals surface area contributed by atoms with Gasteiger partial charge in [0.2, 0.25) is 5.95 Å². The van der Waals surface area contributed by atoms with Gasteiger partial charge < -0.3 is 30.1 Å². The third kappa shape index (κ3) is 6.51. The molecule has 1 aromatic carbocycles. The lowest BCUT2D eigenvalue weighted by molar-refractivity contribution is -0.0213. The van der Waals surface area contributed by atoms with Gasteiger partial charge in [-0.05, 0) is 57.4 Å². The molecule has 5 rings (SSSR count). The maximum atomic E-state index is 13.2. The van der Waals surface area contributed by atoms with E-state index in [1.54, 1.807) is 24.5 Å². The summed E-state index contributed by atoms with van der Waals surface area (Å²) in [5.41, 5.74) is 3.06. The molecule has 2 aromatic heterocycles. The van der Waals surface area contributed by atoms with Gasteiger partial charge in [-0.1, -0.05) is 6.07 Å². The zero-order valence-corrected chi connectivity index (χ0v) is 24.3. The molecule has 0 bridgehead atoms. The number of aliphatic hydroxyl groups excluding tert-OH is 1. The van der Waals surface area contributed by atoms with Crippen LogP contribution in [0.2, 0.25) is 0 Å². The first-order valence-corrected chi connectivity index (χ1v) is 14.3. The molecule has 1 amide bonds. The van der Waals surface area contributed by atoms with Crippen molar-refractivity contribution < 1.29 is 19.4 Å². The highest BCUT2D eigenvalue weighted by Crippen LogP contribution is 2.41. The molecule has 4 heterocycles. The Morgan fingerprint density at radius 3 is 2.64 bits per heavy atom. The average molecular weight is 572 g/mol. The zero-order chi connectivity index (χ0) is 29.7. The van der Waals surface area contributed by atoms with E-state index in [9.17, 15) is 15.2 Å². The van der Waals surface area contributed by atoms with Crippen LogP contribution in [-0.4, -0.2) is 77.6 Å². The molecule has 2 aliphatic heterocycles. The molecule has 2 fully saturated rings. The second-order valence-electron chi connectivity index (χ2n) is 11.2. The summed E-state index contributed by atoms with van der Waals surface area (Å²) in [6.45, 7) is 8.75. The number of amides is 1. The van der Waals surface area contributed by atoms with Gasteiger partial charge in [0.15, 0.2) is 0 Å². The van der Waals surface area contributed by atoms with Crippen LogP contribution in [0.3, 0.4) is 0 Å². The lowest BCUT2D eigenvalue weighted by atomic mass is 9.79. The van der Waals surface area contributed by atoms with Crippen molar-refractivity contribution in [2.24, 2.45) is 0 Å². The monoisotopic (exact) mass is 571 g/mol. The second kappa shape index (κ2) is 12.8. The van der Waals surface area contributed by atoms with Gasteiger partial charge in [-0.15, -0.1) is 0 Å². The van der Waals surface area contributed by atoms with E-state index in [-0.39, 0.29) is 24.7 Å². The van der Waals surface area contributed by atoms with Gasteiger partial charge in [0, 0.05) is 66.6 Å². The first kappa shape index (κ1) is 29.4. The quantitative estimate of drug-likeness (QED) is 0.366. The molecule has 42 heavy (non-hydrogen) atoms. The molecule has 2 aliphatic rings. The molecule has 2 saturated heterocycles. The highest BCUT2D eigenvalue weighted by molar-refractivity contribution is 6.05. The summed E-state index contributed by atoms with van der Waals surface area (Å²) in [5.74, 6) is 0.922. The predicted octanol–water partition coefficient (Wildman–Crippen LogP) is 3.69. The molecule has 2 atom stereocenters. The van der Waals surface area contributed by atoms with E-state index in [4.69, 9.17) is 19.4 Å². The van der Waals surface area contributed by atoms with Crippen molar-refractivity contribution in [3.8, 4) is 17.3 Å². The van der Waals surface area contributed by atoms with Crippen molar-refractivity contribution in [2.75, 3.05) is 55.1 Å². The molecule has 2 unspecified atom stereocenters. The molecule has 11 heteroatoms. The molecule has 11 nitrogen and oxygen atoms in total. The van der Waals surface area contributed by atoms with Crippen molar-refractivity contribution in [3.05, 3.63) is 59.4 Å². The maximum Gasteiger partial charge on any atom is 0.255 e. The van der Waals surface area contributed by atoms with Crippen LogP contribution in [0.4, 0.5) is 17.5 Å². The number of nitrogens with one attached hydrogen (secondary N) is 2. The number of carbonyl (C=O) groups is 1. The number of aromatic nitrogens is 3. The van der Waals surface area contributed by atoms with Crippen molar-refractivity contribution in [1.29, 1.82) is 5.26 Å². The zero-order valence-electron chi connectivity index (χ0n) is 24.3.